The predicted molar refractivity (Wildman–Crippen MR) is 68.5 cm³/mol. The highest BCUT2D eigenvalue weighted by molar-refractivity contribution is 5.30. The zero-order chi connectivity index (χ0) is 12.1. The summed E-state index contributed by atoms with van der Waals surface area (Å²) in [5.41, 5.74) is 9.78. The Bertz CT molecular complexity index is 313. The van der Waals surface area contributed by atoms with Crippen molar-refractivity contribution in [3.05, 3.63) is 34.9 Å². The number of hydrogen-bond donors (Lipinski definition) is 1. The Kier molecular flexibility index (Phi) is 4.97. The van der Waals surface area contributed by atoms with E-state index >= 15 is 0 Å². The van der Waals surface area contributed by atoms with E-state index in [1.165, 1.54) is 16.7 Å². The highest BCUT2D eigenvalue weighted by Crippen LogP contribution is 2.15. The van der Waals surface area contributed by atoms with Crippen LogP contribution in [-0.2, 0) is 4.74 Å². The van der Waals surface area contributed by atoms with Crippen molar-refractivity contribution in [1.82, 2.24) is 0 Å². The molecule has 0 heterocycles. The molecule has 16 heavy (non-hydrogen) atoms. The molecular formula is C14H23NO. The Labute approximate surface area is 98.8 Å². The molecule has 0 aliphatic heterocycles. The standard InChI is InChI=1S/C14H23NO/c1-10(2)8-16-9-14(15)13-6-11(3)5-12(4)7-13/h5-7,10,14H,8-9,15H2,1-4H3. The van der Waals surface area contributed by atoms with Crippen LogP contribution >= 0.6 is 0 Å². The summed E-state index contributed by atoms with van der Waals surface area (Å²) in [5, 5.41) is 0. The minimum atomic E-state index is -0.0163. The molecule has 0 spiro atoms. The van der Waals surface area contributed by atoms with E-state index in [-0.39, 0.29) is 6.04 Å². The van der Waals surface area contributed by atoms with Gasteiger partial charge >= 0.3 is 0 Å². The first-order valence-corrected chi connectivity index (χ1v) is 5.90. The molecule has 1 rings (SSSR count). The van der Waals surface area contributed by atoms with Crippen LogP contribution in [0.4, 0.5) is 0 Å². The van der Waals surface area contributed by atoms with Gasteiger partial charge in [-0.15, -0.1) is 0 Å². The highest BCUT2D eigenvalue weighted by Gasteiger charge is 2.07. The second-order valence-corrected chi connectivity index (χ2v) is 4.96. The van der Waals surface area contributed by atoms with Crippen molar-refractivity contribution in [2.24, 2.45) is 11.7 Å². The smallest absolute Gasteiger partial charge is 0.0659 e. The van der Waals surface area contributed by atoms with Gasteiger partial charge in [0.05, 0.1) is 12.6 Å². The lowest BCUT2D eigenvalue weighted by Gasteiger charge is -2.15. The third-order valence-corrected chi connectivity index (χ3v) is 2.42. The fourth-order valence-electron chi connectivity index (χ4n) is 1.75. The maximum absolute atomic E-state index is 6.09. The fraction of sp³-hybridized carbons (Fsp3) is 0.571. The molecule has 0 aliphatic carbocycles. The normalized spacial score (nSPS) is 13.1. The second kappa shape index (κ2) is 6.02. The van der Waals surface area contributed by atoms with Crippen molar-refractivity contribution in [1.29, 1.82) is 0 Å². The number of nitrogens with two attached hydrogens (primary N) is 1. The summed E-state index contributed by atoms with van der Waals surface area (Å²) in [6, 6.07) is 6.41. The third-order valence-electron chi connectivity index (χ3n) is 2.42. The first-order chi connectivity index (χ1) is 7.49. The van der Waals surface area contributed by atoms with Crippen LogP contribution in [0.3, 0.4) is 0 Å². The van der Waals surface area contributed by atoms with E-state index in [0.29, 0.717) is 12.5 Å². The number of ether oxygens (including phenoxy) is 1. The molecule has 2 nitrogen and oxygen atoms in total. The summed E-state index contributed by atoms with van der Waals surface area (Å²) in [4.78, 5) is 0. The van der Waals surface area contributed by atoms with E-state index in [1.807, 2.05) is 0 Å². The number of rotatable bonds is 5. The highest BCUT2D eigenvalue weighted by atomic mass is 16.5. The first kappa shape index (κ1) is 13.2. The number of benzene rings is 1. The molecule has 1 unspecified atom stereocenters. The molecule has 0 bridgehead atoms. The summed E-state index contributed by atoms with van der Waals surface area (Å²) in [6.07, 6.45) is 0. The molecule has 0 fully saturated rings. The van der Waals surface area contributed by atoms with Gasteiger partial charge in [0.1, 0.15) is 0 Å². The van der Waals surface area contributed by atoms with Crippen LogP contribution in [0.1, 0.15) is 36.6 Å². The van der Waals surface area contributed by atoms with Crippen molar-refractivity contribution in [2.75, 3.05) is 13.2 Å². The molecule has 0 amide bonds. The van der Waals surface area contributed by atoms with Gasteiger partial charge in [-0.25, -0.2) is 0 Å². The van der Waals surface area contributed by atoms with Gasteiger partial charge in [-0.1, -0.05) is 43.2 Å². The Morgan fingerprint density at radius 3 is 2.12 bits per heavy atom. The lowest BCUT2D eigenvalue weighted by molar-refractivity contribution is 0.0983. The SMILES string of the molecule is Cc1cc(C)cc(C(N)COCC(C)C)c1. The molecule has 0 saturated heterocycles. The Morgan fingerprint density at radius 2 is 1.62 bits per heavy atom. The molecule has 0 radical (unpaired) electrons. The van der Waals surface area contributed by atoms with Crippen molar-refractivity contribution in [3.63, 3.8) is 0 Å². The molecule has 1 aromatic rings. The van der Waals surface area contributed by atoms with Crippen molar-refractivity contribution < 1.29 is 4.74 Å². The molecule has 90 valence electrons. The monoisotopic (exact) mass is 221 g/mol. The van der Waals surface area contributed by atoms with Crippen molar-refractivity contribution in [3.8, 4) is 0 Å². The molecule has 1 aromatic carbocycles. The Balaban J connectivity index is 2.55. The quantitative estimate of drug-likeness (QED) is 0.829. The molecule has 1 atom stereocenters. The van der Waals surface area contributed by atoms with Gasteiger partial charge in [-0.2, -0.15) is 0 Å². The van der Waals surface area contributed by atoms with Gasteiger partial charge < -0.3 is 10.5 Å². The number of aryl methyl sites for hydroxylation is 2. The average molecular weight is 221 g/mol. The predicted octanol–water partition coefficient (Wildman–Crippen LogP) is 2.98. The molecule has 2 N–H and O–H groups in total. The van der Waals surface area contributed by atoms with E-state index in [2.05, 4.69) is 45.9 Å². The summed E-state index contributed by atoms with van der Waals surface area (Å²) < 4.78 is 5.57. The van der Waals surface area contributed by atoms with Crippen LogP contribution in [0.2, 0.25) is 0 Å². The Morgan fingerprint density at radius 1 is 1.06 bits per heavy atom. The largest absolute Gasteiger partial charge is 0.379 e. The van der Waals surface area contributed by atoms with Crippen LogP contribution in [0.15, 0.2) is 18.2 Å². The summed E-state index contributed by atoms with van der Waals surface area (Å²) in [5.74, 6) is 0.562. The molecule has 0 aliphatic rings. The van der Waals surface area contributed by atoms with Crippen LogP contribution in [0, 0.1) is 19.8 Å². The third kappa shape index (κ3) is 4.33. The maximum Gasteiger partial charge on any atom is 0.0659 e. The zero-order valence-corrected chi connectivity index (χ0v) is 10.8. The molecule has 2 heteroatoms. The second-order valence-electron chi connectivity index (χ2n) is 4.96. The van der Waals surface area contributed by atoms with Crippen molar-refractivity contribution in [2.45, 2.75) is 33.7 Å². The molecule has 0 saturated carbocycles. The van der Waals surface area contributed by atoms with Crippen LogP contribution in [0.25, 0.3) is 0 Å². The maximum atomic E-state index is 6.09. The van der Waals surface area contributed by atoms with E-state index in [9.17, 15) is 0 Å². The van der Waals surface area contributed by atoms with Gasteiger partial charge in [0.25, 0.3) is 0 Å². The minimum Gasteiger partial charge on any atom is -0.379 e. The van der Waals surface area contributed by atoms with E-state index in [1.54, 1.807) is 0 Å². The van der Waals surface area contributed by atoms with Gasteiger partial charge in [-0.3, -0.25) is 0 Å². The first-order valence-electron chi connectivity index (χ1n) is 5.90. The minimum absolute atomic E-state index is 0.0163. The number of hydrogen-bond acceptors (Lipinski definition) is 2. The van der Waals surface area contributed by atoms with Crippen LogP contribution < -0.4 is 5.73 Å². The molecule has 0 aromatic heterocycles. The van der Waals surface area contributed by atoms with Crippen molar-refractivity contribution >= 4 is 0 Å². The van der Waals surface area contributed by atoms with E-state index in [0.717, 1.165) is 6.61 Å². The van der Waals surface area contributed by atoms with Crippen LogP contribution in [0.5, 0.6) is 0 Å². The van der Waals surface area contributed by atoms with Gasteiger partial charge in [0.2, 0.25) is 0 Å². The summed E-state index contributed by atoms with van der Waals surface area (Å²) in [7, 11) is 0. The zero-order valence-electron chi connectivity index (χ0n) is 10.8. The Hall–Kier alpha value is -0.860. The van der Waals surface area contributed by atoms with Gasteiger partial charge in [0, 0.05) is 6.61 Å². The summed E-state index contributed by atoms with van der Waals surface area (Å²) in [6.45, 7) is 9.85. The topological polar surface area (TPSA) is 35.2 Å². The average Bonchev–Trinajstić information content (AvgIpc) is 2.15. The fourth-order valence-corrected chi connectivity index (χ4v) is 1.75. The van der Waals surface area contributed by atoms with Gasteiger partial charge in [0.15, 0.2) is 0 Å². The molecular weight excluding hydrogens is 198 g/mol. The van der Waals surface area contributed by atoms with E-state index in [4.69, 9.17) is 10.5 Å². The lowest BCUT2D eigenvalue weighted by atomic mass is 10.0. The van der Waals surface area contributed by atoms with Crippen LogP contribution in [-0.4, -0.2) is 13.2 Å². The lowest BCUT2D eigenvalue weighted by Crippen LogP contribution is -2.19. The summed E-state index contributed by atoms with van der Waals surface area (Å²) >= 11 is 0. The van der Waals surface area contributed by atoms with E-state index < -0.39 is 0 Å². The van der Waals surface area contributed by atoms with Gasteiger partial charge in [-0.05, 0) is 25.3 Å².